The molecule has 148 valence electrons. The van der Waals surface area contributed by atoms with Gasteiger partial charge in [0.2, 0.25) is 5.95 Å². The summed E-state index contributed by atoms with van der Waals surface area (Å²) < 4.78 is 28.1. The van der Waals surface area contributed by atoms with Gasteiger partial charge < -0.3 is 11.1 Å². The molecular formula is C17H20F2N8O. The van der Waals surface area contributed by atoms with Gasteiger partial charge in [-0.05, 0) is 25.7 Å². The SMILES string of the molecule is NC(=O)c1nc(-n2ccnc2)nc2cnn(C3CCC(NCC(F)F)CC3)c12. The van der Waals surface area contributed by atoms with Crippen LogP contribution in [0.15, 0.2) is 24.9 Å². The predicted octanol–water partition coefficient (Wildman–Crippen LogP) is 1.45. The van der Waals surface area contributed by atoms with Crippen molar-refractivity contribution < 1.29 is 13.6 Å². The summed E-state index contributed by atoms with van der Waals surface area (Å²) in [6, 6.07) is 0.0923. The number of alkyl halides is 2. The van der Waals surface area contributed by atoms with Crippen molar-refractivity contribution in [3.8, 4) is 5.95 Å². The van der Waals surface area contributed by atoms with Gasteiger partial charge in [-0.15, -0.1) is 0 Å². The summed E-state index contributed by atoms with van der Waals surface area (Å²) in [7, 11) is 0. The average molecular weight is 390 g/mol. The molecule has 0 atom stereocenters. The number of carbonyl (C=O) groups is 1. The number of amides is 1. The smallest absolute Gasteiger partial charge is 0.269 e. The van der Waals surface area contributed by atoms with Crippen molar-refractivity contribution in [3.63, 3.8) is 0 Å². The van der Waals surface area contributed by atoms with Crippen molar-refractivity contribution in [1.29, 1.82) is 0 Å². The van der Waals surface area contributed by atoms with Gasteiger partial charge in [0.25, 0.3) is 12.3 Å². The number of aromatic nitrogens is 6. The Kier molecular flexibility index (Phi) is 4.99. The van der Waals surface area contributed by atoms with Crippen LogP contribution >= 0.6 is 0 Å². The molecule has 0 unspecified atom stereocenters. The number of primary amides is 1. The Labute approximate surface area is 159 Å². The molecule has 0 saturated heterocycles. The first-order valence-electron chi connectivity index (χ1n) is 9.08. The van der Waals surface area contributed by atoms with E-state index in [-0.39, 0.29) is 24.3 Å². The van der Waals surface area contributed by atoms with Gasteiger partial charge in [0, 0.05) is 18.4 Å². The third kappa shape index (κ3) is 3.57. The van der Waals surface area contributed by atoms with E-state index in [0.717, 1.165) is 25.7 Å². The van der Waals surface area contributed by atoms with Crippen LogP contribution in [0.3, 0.4) is 0 Å². The molecule has 0 bridgehead atoms. The van der Waals surface area contributed by atoms with Crippen LogP contribution in [0.25, 0.3) is 17.0 Å². The monoisotopic (exact) mass is 390 g/mol. The van der Waals surface area contributed by atoms with Crippen molar-refractivity contribution in [2.45, 2.75) is 44.2 Å². The van der Waals surface area contributed by atoms with Gasteiger partial charge >= 0.3 is 0 Å². The van der Waals surface area contributed by atoms with Gasteiger partial charge in [-0.3, -0.25) is 14.0 Å². The molecule has 0 aromatic carbocycles. The second-order valence-electron chi connectivity index (χ2n) is 6.83. The summed E-state index contributed by atoms with van der Waals surface area (Å²) in [5, 5.41) is 7.31. The van der Waals surface area contributed by atoms with E-state index in [2.05, 4.69) is 25.4 Å². The Morgan fingerprint density at radius 1 is 1.29 bits per heavy atom. The summed E-state index contributed by atoms with van der Waals surface area (Å²) in [5.74, 6) is -0.374. The fourth-order valence-corrected chi connectivity index (χ4v) is 3.67. The van der Waals surface area contributed by atoms with E-state index in [1.807, 2.05) is 0 Å². The van der Waals surface area contributed by atoms with Crippen LogP contribution < -0.4 is 11.1 Å². The first-order valence-corrected chi connectivity index (χ1v) is 9.08. The first-order chi connectivity index (χ1) is 13.5. The van der Waals surface area contributed by atoms with E-state index in [9.17, 15) is 13.6 Å². The third-order valence-electron chi connectivity index (χ3n) is 5.00. The minimum absolute atomic E-state index is 0.0305. The van der Waals surface area contributed by atoms with Gasteiger partial charge in [0.15, 0.2) is 5.69 Å². The standard InChI is InChI=1S/C17H20F2N8O/c18-13(19)8-22-10-1-3-11(4-2-10)27-15-12(7-23-27)24-17(25-14(15)16(20)28)26-6-5-21-9-26/h5-7,9-11,13,22H,1-4,8H2,(H2,20,28). The van der Waals surface area contributed by atoms with Gasteiger partial charge in [-0.25, -0.2) is 23.7 Å². The highest BCUT2D eigenvalue weighted by atomic mass is 19.3. The highest BCUT2D eigenvalue weighted by Crippen LogP contribution is 2.31. The molecule has 28 heavy (non-hydrogen) atoms. The number of rotatable bonds is 6. The van der Waals surface area contributed by atoms with E-state index in [1.165, 1.54) is 6.33 Å². The highest BCUT2D eigenvalue weighted by Gasteiger charge is 2.27. The number of hydrogen-bond donors (Lipinski definition) is 2. The quantitative estimate of drug-likeness (QED) is 0.658. The van der Waals surface area contributed by atoms with Gasteiger partial charge in [0.1, 0.15) is 17.4 Å². The van der Waals surface area contributed by atoms with Crippen molar-refractivity contribution in [2.75, 3.05) is 6.54 Å². The molecule has 3 aromatic heterocycles. The van der Waals surface area contributed by atoms with Gasteiger partial charge in [-0.1, -0.05) is 0 Å². The van der Waals surface area contributed by atoms with E-state index in [0.29, 0.717) is 17.0 Å². The molecule has 3 aromatic rings. The number of hydrogen-bond acceptors (Lipinski definition) is 6. The number of nitrogens with zero attached hydrogens (tertiary/aromatic N) is 6. The molecule has 0 aliphatic heterocycles. The zero-order valence-electron chi connectivity index (χ0n) is 15.0. The number of nitrogens with one attached hydrogen (secondary N) is 1. The lowest BCUT2D eigenvalue weighted by Gasteiger charge is -2.29. The molecule has 9 nitrogen and oxygen atoms in total. The summed E-state index contributed by atoms with van der Waals surface area (Å²) in [6.45, 7) is -0.295. The van der Waals surface area contributed by atoms with Crippen LogP contribution in [-0.4, -0.2) is 54.2 Å². The Balaban J connectivity index is 1.61. The van der Waals surface area contributed by atoms with Crippen molar-refractivity contribution >= 4 is 16.9 Å². The maximum Gasteiger partial charge on any atom is 0.269 e. The second kappa shape index (κ2) is 7.58. The molecule has 11 heteroatoms. The molecule has 3 N–H and O–H groups in total. The summed E-state index contributed by atoms with van der Waals surface area (Å²) in [4.78, 5) is 24.8. The largest absolute Gasteiger partial charge is 0.364 e. The normalized spacial score (nSPS) is 20.1. The lowest BCUT2D eigenvalue weighted by Crippen LogP contribution is -2.36. The van der Waals surface area contributed by atoms with Crippen molar-refractivity contribution in [1.82, 2.24) is 34.6 Å². The number of imidazole rings is 1. The maximum absolute atomic E-state index is 12.4. The Bertz CT molecular complexity index is 963. The zero-order valence-corrected chi connectivity index (χ0v) is 15.0. The van der Waals surface area contributed by atoms with E-state index >= 15 is 0 Å². The lowest BCUT2D eigenvalue weighted by molar-refractivity contribution is 0.0996. The number of halogens is 2. The molecular weight excluding hydrogens is 370 g/mol. The van der Waals surface area contributed by atoms with Crippen molar-refractivity contribution in [2.24, 2.45) is 5.73 Å². The van der Waals surface area contributed by atoms with Gasteiger partial charge in [0.05, 0.1) is 18.8 Å². The zero-order chi connectivity index (χ0) is 19.7. The maximum atomic E-state index is 12.4. The summed E-state index contributed by atoms with van der Waals surface area (Å²) in [5.41, 5.74) is 6.69. The number of carbonyl (C=O) groups excluding carboxylic acids is 1. The second-order valence-corrected chi connectivity index (χ2v) is 6.83. The molecule has 1 aliphatic rings. The Morgan fingerprint density at radius 3 is 2.71 bits per heavy atom. The van der Waals surface area contributed by atoms with Crippen LogP contribution in [-0.2, 0) is 0 Å². The van der Waals surface area contributed by atoms with Crippen LogP contribution in [0.2, 0.25) is 0 Å². The van der Waals surface area contributed by atoms with Crippen LogP contribution in [0.4, 0.5) is 8.78 Å². The van der Waals surface area contributed by atoms with Crippen LogP contribution in [0.5, 0.6) is 0 Å². The molecule has 0 spiro atoms. The third-order valence-corrected chi connectivity index (χ3v) is 5.00. The Hall–Kier alpha value is -2.95. The highest BCUT2D eigenvalue weighted by molar-refractivity contribution is 6.02. The van der Waals surface area contributed by atoms with Gasteiger partial charge in [-0.2, -0.15) is 5.10 Å². The molecule has 1 fully saturated rings. The molecule has 3 heterocycles. The van der Waals surface area contributed by atoms with E-state index < -0.39 is 12.3 Å². The van der Waals surface area contributed by atoms with Crippen molar-refractivity contribution in [3.05, 3.63) is 30.6 Å². The lowest BCUT2D eigenvalue weighted by atomic mass is 9.91. The summed E-state index contributed by atoms with van der Waals surface area (Å²) >= 11 is 0. The summed E-state index contributed by atoms with van der Waals surface area (Å²) in [6.07, 6.45) is 7.02. The first kappa shape index (κ1) is 18.4. The van der Waals surface area contributed by atoms with Crippen LogP contribution in [0, 0.1) is 0 Å². The van der Waals surface area contributed by atoms with Crippen LogP contribution in [0.1, 0.15) is 42.2 Å². The van der Waals surface area contributed by atoms with E-state index in [4.69, 9.17) is 5.73 Å². The van der Waals surface area contributed by atoms with E-state index in [1.54, 1.807) is 27.8 Å². The minimum atomic E-state index is -2.35. The topological polar surface area (TPSA) is 117 Å². The minimum Gasteiger partial charge on any atom is -0.364 e. The molecule has 1 aliphatic carbocycles. The fourth-order valence-electron chi connectivity index (χ4n) is 3.67. The number of fused-ring (bicyclic) bond motifs is 1. The number of nitrogens with two attached hydrogens (primary N) is 1. The molecule has 1 amide bonds. The predicted molar refractivity (Wildman–Crippen MR) is 96.3 cm³/mol. The molecule has 0 radical (unpaired) electrons. The molecule has 4 rings (SSSR count). The average Bonchev–Trinajstić information content (AvgIpc) is 3.35. The molecule has 1 saturated carbocycles. The fraction of sp³-hybridized carbons (Fsp3) is 0.471. The Morgan fingerprint density at radius 2 is 2.07 bits per heavy atom.